The number of aromatic amines is 1. The van der Waals surface area contributed by atoms with E-state index in [1.165, 1.54) is 91.8 Å². The van der Waals surface area contributed by atoms with Crippen molar-refractivity contribution in [1.29, 1.82) is 0 Å². The molecule has 8 aliphatic rings. The molecule has 5 fully saturated rings. The Balaban J connectivity index is 0.000000114. The molecule has 21 heteroatoms. The van der Waals surface area contributed by atoms with Gasteiger partial charge in [-0.05, 0) is 138 Å². The number of hydrogen-bond acceptors (Lipinski definition) is 17. The molecule has 16 rings (SSSR count). The summed E-state index contributed by atoms with van der Waals surface area (Å²) < 4.78 is 4.37. The molecule has 20 nitrogen and oxygen atoms in total. The number of hydrogen-bond donors (Lipinski definition) is 1. The Hall–Kier alpha value is -7.47. The van der Waals surface area contributed by atoms with Gasteiger partial charge in [-0.3, -0.25) is 14.7 Å². The zero-order valence-corrected chi connectivity index (χ0v) is 54.1. The summed E-state index contributed by atoms with van der Waals surface area (Å²) in [7, 11) is 1.29. The Bertz CT molecular complexity index is 3580. The number of nitrogens with one attached hydrogen (secondary N) is 1. The van der Waals surface area contributed by atoms with Crippen molar-refractivity contribution < 1.29 is 40.2 Å². The summed E-state index contributed by atoms with van der Waals surface area (Å²) in [6, 6.07) is 8.81. The molecule has 0 aromatic carbocycles. The molecule has 0 amide bonds. The van der Waals surface area contributed by atoms with Crippen LogP contribution in [0.5, 0.6) is 0 Å². The maximum Gasteiger partial charge on any atom is 2.00 e. The minimum Gasteiger partial charge on any atom is -0.572 e. The summed E-state index contributed by atoms with van der Waals surface area (Å²) >= 11 is 0. The monoisotopic (exact) mass is 1350 g/mol. The molecule has 5 saturated carbocycles. The topological polar surface area (TPSA) is 272 Å². The van der Waals surface area contributed by atoms with Gasteiger partial charge in [-0.1, -0.05) is 94.5 Å². The molecule has 0 saturated heterocycles. The second-order valence-electron chi connectivity index (χ2n) is 27.7. The van der Waals surface area contributed by atoms with E-state index in [1.54, 1.807) is 61.7 Å². The third kappa shape index (κ3) is 9.04. The van der Waals surface area contributed by atoms with Crippen LogP contribution in [-0.2, 0) is 46.8 Å². The molecule has 0 aliphatic heterocycles. The first kappa shape index (κ1) is 61.2. The normalized spacial score (nSPS) is 28.8. The van der Waals surface area contributed by atoms with Crippen molar-refractivity contribution in [2.24, 2.45) is 38.9 Å². The molecule has 8 heterocycles. The number of esters is 1. The quantitative estimate of drug-likeness (QED) is 0.0920. The molecule has 0 radical (unpaired) electrons. The largest absolute Gasteiger partial charge is 2.00 e. The van der Waals surface area contributed by atoms with E-state index in [2.05, 4.69) is 161 Å². The summed E-state index contributed by atoms with van der Waals surface area (Å²) in [5, 5.41) is 25.5. The number of carbonyl (C=O) groups excluding carboxylic acids is 3. The van der Waals surface area contributed by atoms with Crippen molar-refractivity contribution in [1.82, 2.24) is 80.4 Å². The standard InChI is InChI=1S/C15H18N4.2C15H17N4.C15H18N2O2.C6H6N2O2.Pt/c3*1-14(2)9-5-6-15(14,3)12-10(9)11(18-19-12)13-16-7-4-8-17-13;1-14(2)9-5-6-15(14,3)12(19)10(9)11(18)13-16-7-4-8-17-13;1-10-6(9)5-7-3-2-4-8-5;/h4,7-9H,5-6H2,1-3H3,(H,18,19);2*4,7-9H,5-6H2,1-3H3;4,7-10H,5-6H2,1-3H3;2-4H,1H3;/q;2*-1;;;+2. The van der Waals surface area contributed by atoms with Gasteiger partial charge in [0.05, 0.1) is 13.0 Å². The number of nitrogens with zero attached hydrogens (tertiary/aromatic N) is 15. The number of Topliss-reactive ketones (excluding diaryl/α,β-unsaturated/α-hetero) is 2. The van der Waals surface area contributed by atoms with Crippen LogP contribution in [0.4, 0.5) is 0 Å². The van der Waals surface area contributed by atoms with Crippen molar-refractivity contribution >= 4 is 17.5 Å². The Morgan fingerprint density at radius 2 is 0.862 bits per heavy atom. The first-order valence-electron chi connectivity index (χ1n) is 30.1. The number of carbonyl (C=O) groups is 3. The third-order valence-corrected chi connectivity index (χ3v) is 23.5. The van der Waals surface area contributed by atoms with E-state index in [9.17, 15) is 14.4 Å². The summed E-state index contributed by atoms with van der Waals surface area (Å²) in [6.45, 7) is 27.5. The molecule has 8 bridgehead atoms. The fourth-order valence-corrected chi connectivity index (χ4v) is 16.8. The van der Waals surface area contributed by atoms with E-state index in [0.29, 0.717) is 34.8 Å². The average molecular weight is 1350 g/mol. The first-order chi connectivity index (χ1) is 40.9. The number of ether oxygens (including phenoxy) is 1. The van der Waals surface area contributed by atoms with Crippen molar-refractivity contribution in [2.75, 3.05) is 7.11 Å². The van der Waals surface area contributed by atoms with E-state index in [-0.39, 0.29) is 88.1 Å². The van der Waals surface area contributed by atoms with Crippen LogP contribution in [0.2, 0.25) is 0 Å². The van der Waals surface area contributed by atoms with Gasteiger partial charge in [0.2, 0.25) is 11.6 Å². The Morgan fingerprint density at radius 3 is 1.29 bits per heavy atom. The van der Waals surface area contributed by atoms with E-state index >= 15 is 0 Å². The van der Waals surface area contributed by atoms with Crippen molar-refractivity contribution in [3.63, 3.8) is 0 Å². The van der Waals surface area contributed by atoms with Crippen LogP contribution < -0.4 is 10.2 Å². The average Bonchev–Trinajstić information content (AvgIpc) is 1.57. The van der Waals surface area contributed by atoms with Crippen molar-refractivity contribution in [3.8, 4) is 34.6 Å². The van der Waals surface area contributed by atoms with Gasteiger partial charge in [-0.25, -0.2) is 54.6 Å². The zero-order valence-electron chi connectivity index (χ0n) is 51.9. The van der Waals surface area contributed by atoms with E-state index in [4.69, 9.17) is 0 Å². The molecule has 8 aromatic rings. The van der Waals surface area contributed by atoms with Gasteiger partial charge in [0.25, 0.3) is 0 Å². The number of H-pyrrole nitrogens is 1. The summed E-state index contributed by atoms with van der Waals surface area (Å²) in [4.78, 5) is 77.2. The Morgan fingerprint density at radius 1 is 0.483 bits per heavy atom. The summed E-state index contributed by atoms with van der Waals surface area (Å²) in [5.74, 6) is 3.04. The van der Waals surface area contributed by atoms with Gasteiger partial charge < -0.3 is 25.1 Å². The SMILES string of the molecule is CC12CCC(C(C(=O)c3ncccn3)C1=O)C2(C)C.CC12CCC(c3c(-c4ncccn4)n[nH]c31)C2(C)C.CC12CCC(c3c1n[n-]c3-c1ncccn1)C2(C)C.CC12CCC(c3c1n[n-]c3-c1ncccn1)C2(C)C.COC(=O)c1ncccn1.[Pt+2]. The Kier molecular flexibility index (Phi) is 15.5. The smallest absolute Gasteiger partial charge is 0.572 e. The predicted molar refractivity (Wildman–Crippen MR) is 319 cm³/mol. The molecule has 87 heavy (non-hydrogen) atoms. The Labute approximate surface area is 522 Å². The van der Waals surface area contributed by atoms with Gasteiger partial charge in [0.15, 0.2) is 17.4 Å². The minimum absolute atomic E-state index is 0. The van der Waals surface area contributed by atoms with E-state index in [0.717, 1.165) is 35.7 Å². The molecule has 9 atom stereocenters. The van der Waals surface area contributed by atoms with Crippen LogP contribution in [0.3, 0.4) is 0 Å². The second kappa shape index (κ2) is 22.0. The molecule has 8 aliphatic carbocycles. The van der Waals surface area contributed by atoms with Gasteiger partial charge in [-0.2, -0.15) is 5.10 Å². The predicted octanol–water partition coefficient (Wildman–Crippen LogP) is 10.9. The molecule has 0 spiro atoms. The maximum atomic E-state index is 12.6. The van der Waals surface area contributed by atoms with Crippen LogP contribution >= 0.6 is 0 Å². The number of methoxy groups -OCH3 is 1. The number of aromatic nitrogens is 16. The van der Waals surface area contributed by atoms with Gasteiger partial charge in [-0.15, -0.1) is 0 Å². The third-order valence-electron chi connectivity index (χ3n) is 23.5. The number of ketones is 2. The number of rotatable bonds is 6. The second-order valence-corrected chi connectivity index (χ2v) is 27.7. The van der Waals surface area contributed by atoms with Crippen LogP contribution in [0.25, 0.3) is 34.6 Å². The summed E-state index contributed by atoms with van der Waals surface area (Å²) in [5.41, 5.74) is 11.3. The van der Waals surface area contributed by atoms with Gasteiger partial charge in [0.1, 0.15) is 17.3 Å². The van der Waals surface area contributed by atoms with E-state index < -0.39 is 11.9 Å². The maximum absolute atomic E-state index is 12.6. The van der Waals surface area contributed by atoms with Crippen LogP contribution in [0.1, 0.15) is 207 Å². The molecule has 454 valence electrons. The first-order valence-corrected chi connectivity index (χ1v) is 30.1. The van der Waals surface area contributed by atoms with Crippen LogP contribution in [0.15, 0.2) is 92.3 Å². The van der Waals surface area contributed by atoms with Crippen molar-refractivity contribution in [3.05, 3.63) is 138 Å². The fourth-order valence-electron chi connectivity index (χ4n) is 16.8. The summed E-state index contributed by atoms with van der Waals surface area (Å²) in [6.07, 6.45) is 25.9. The van der Waals surface area contributed by atoms with Crippen molar-refractivity contribution in [2.45, 2.75) is 168 Å². The zero-order chi connectivity index (χ0) is 61.0. The van der Waals surface area contributed by atoms with E-state index in [1.807, 2.05) is 25.1 Å². The molecular weight excluding hydrogens is 1280 g/mol. The molecule has 9 unspecified atom stereocenters. The number of fused-ring (bicyclic) bond motifs is 17. The van der Waals surface area contributed by atoms with Crippen LogP contribution in [-0.4, -0.2) is 94.9 Å². The minimum atomic E-state index is -0.545. The molecule has 1 N–H and O–H groups in total. The molecular formula is C66H76N16O4Pt. The molecule has 8 aromatic heterocycles. The van der Waals surface area contributed by atoms with Gasteiger partial charge >= 0.3 is 27.0 Å². The van der Waals surface area contributed by atoms with Gasteiger partial charge in [0, 0.05) is 106 Å². The van der Waals surface area contributed by atoms with Crippen LogP contribution in [0, 0.1) is 38.9 Å². The fraction of sp³-hybridized carbons (Fsp3) is 0.515.